The molecule has 0 spiro atoms. The molecule has 1 N–H and O–H groups in total. The first-order valence-electron chi connectivity index (χ1n) is 5.46. The van der Waals surface area contributed by atoms with Crippen LogP contribution in [0.4, 0.5) is 8.78 Å². The minimum atomic E-state index is -0.868. The number of likely N-dealkylation sites (N-methyl/N-ethyl adjacent to an activating group) is 1. The van der Waals surface area contributed by atoms with Crippen molar-refractivity contribution >= 4 is 15.9 Å². The third-order valence-electron chi connectivity index (χ3n) is 2.77. The maximum Gasteiger partial charge on any atom is 0.173 e. The van der Waals surface area contributed by atoms with Crippen LogP contribution in [0.3, 0.4) is 0 Å². The number of rotatable bonds is 4. The van der Waals surface area contributed by atoms with Gasteiger partial charge < -0.3 is 9.73 Å². The van der Waals surface area contributed by atoms with Crippen molar-refractivity contribution in [2.75, 3.05) is 7.05 Å². The van der Waals surface area contributed by atoms with Gasteiger partial charge in [-0.15, -0.1) is 0 Å². The summed E-state index contributed by atoms with van der Waals surface area (Å²) in [7, 11) is 1.77. The SMILES string of the molecule is CNC(Cc1ccco1)c1ccc(F)c(F)c1Br. The molecule has 0 saturated heterocycles. The summed E-state index contributed by atoms with van der Waals surface area (Å²) in [6.45, 7) is 0. The zero-order valence-electron chi connectivity index (χ0n) is 9.71. The van der Waals surface area contributed by atoms with Gasteiger partial charge in [0.2, 0.25) is 0 Å². The van der Waals surface area contributed by atoms with E-state index in [0.717, 1.165) is 11.8 Å². The number of hydrogen-bond donors (Lipinski definition) is 1. The Labute approximate surface area is 112 Å². The molecule has 96 valence electrons. The van der Waals surface area contributed by atoms with Crippen LogP contribution < -0.4 is 5.32 Å². The molecular weight excluding hydrogens is 304 g/mol. The quantitative estimate of drug-likeness (QED) is 0.868. The van der Waals surface area contributed by atoms with E-state index >= 15 is 0 Å². The molecule has 2 aromatic rings. The highest BCUT2D eigenvalue weighted by Gasteiger charge is 2.19. The molecule has 1 aromatic heterocycles. The predicted octanol–water partition coefficient (Wildman–Crippen LogP) is 3.82. The van der Waals surface area contributed by atoms with Crippen molar-refractivity contribution < 1.29 is 13.2 Å². The summed E-state index contributed by atoms with van der Waals surface area (Å²) < 4.78 is 32.0. The van der Waals surface area contributed by atoms with Gasteiger partial charge in [0.05, 0.1) is 10.7 Å². The topological polar surface area (TPSA) is 25.2 Å². The van der Waals surface area contributed by atoms with E-state index in [1.807, 2.05) is 6.07 Å². The van der Waals surface area contributed by atoms with Crippen LogP contribution in [0.15, 0.2) is 39.4 Å². The van der Waals surface area contributed by atoms with Crippen molar-refractivity contribution in [3.05, 3.63) is 58.0 Å². The number of nitrogens with one attached hydrogen (secondary N) is 1. The fourth-order valence-corrected chi connectivity index (χ4v) is 2.41. The molecule has 1 atom stereocenters. The summed E-state index contributed by atoms with van der Waals surface area (Å²) in [6, 6.07) is 6.18. The third-order valence-corrected chi connectivity index (χ3v) is 3.58. The van der Waals surface area contributed by atoms with Gasteiger partial charge in [0, 0.05) is 12.5 Å². The second kappa shape index (κ2) is 5.63. The molecular formula is C13H12BrF2NO. The zero-order valence-corrected chi connectivity index (χ0v) is 11.3. The highest BCUT2D eigenvalue weighted by molar-refractivity contribution is 9.10. The Hall–Kier alpha value is -1.20. The van der Waals surface area contributed by atoms with Gasteiger partial charge in [0.15, 0.2) is 11.6 Å². The average molecular weight is 316 g/mol. The van der Waals surface area contributed by atoms with E-state index in [0.29, 0.717) is 12.0 Å². The van der Waals surface area contributed by atoms with E-state index in [1.165, 1.54) is 0 Å². The second-order valence-electron chi connectivity index (χ2n) is 3.89. The number of benzene rings is 1. The van der Waals surface area contributed by atoms with Crippen LogP contribution in [0, 0.1) is 11.6 Å². The van der Waals surface area contributed by atoms with Crippen molar-refractivity contribution in [3.8, 4) is 0 Å². The van der Waals surface area contributed by atoms with E-state index in [-0.39, 0.29) is 10.5 Å². The van der Waals surface area contributed by atoms with Crippen molar-refractivity contribution in [1.82, 2.24) is 5.32 Å². The van der Waals surface area contributed by atoms with E-state index in [2.05, 4.69) is 21.2 Å². The lowest BCUT2D eigenvalue weighted by Crippen LogP contribution is -2.19. The van der Waals surface area contributed by atoms with Gasteiger partial charge in [0.25, 0.3) is 0 Å². The molecule has 0 aliphatic carbocycles. The standard InChI is InChI=1S/C13H12BrF2NO/c1-17-11(7-8-3-2-6-18-8)9-4-5-10(15)13(16)12(9)14/h2-6,11,17H,7H2,1H3. The van der Waals surface area contributed by atoms with E-state index in [1.54, 1.807) is 25.4 Å². The van der Waals surface area contributed by atoms with Crippen LogP contribution in [0.2, 0.25) is 0 Å². The molecule has 1 unspecified atom stereocenters. The molecule has 0 amide bonds. The summed E-state index contributed by atoms with van der Waals surface area (Å²) >= 11 is 3.09. The van der Waals surface area contributed by atoms with E-state index in [9.17, 15) is 8.78 Å². The molecule has 0 bridgehead atoms. The molecule has 1 aromatic carbocycles. The third kappa shape index (κ3) is 2.62. The highest BCUT2D eigenvalue weighted by Crippen LogP contribution is 2.29. The molecule has 0 aliphatic rings. The largest absolute Gasteiger partial charge is 0.469 e. The van der Waals surface area contributed by atoms with Gasteiger partial charge in [-0.25, -0.2) is 8.78 Å². The number of halogens is 3. The molecule has 18 heavy (non-hydrogen) atoms. The number of hydrogen-bond acceptors (Lipinski definition) is 2. The first-order chi connectivity index (χ1) is 8.63. The maximum absolute atomic E-state index is 13.5. The van der Waals surface area contributed by atoms with Crippen LogP contribution in [0.5, 0.6) is 0 Å². The number of furan rings is 1. The fourth-order valence-electron chi connectivity index (χ4n) is 1.81. The Morgan fingerprint density at radius 2 is 2.11 bits per heavy atom. The first-order valence-corrected chi connectivity index (χ1v) is 6.25. The van der Waals surface area contributed by atoms with Crippen molar-refractivity contribution in [2.24, 2.45) is 0 Å². The van der Waals surface area contributed by atoms with Crippen LogP contribution >= 0.6 is 15.9 Å². The highest BCUT2D eigenvalue weighted by atomic mass is 79.9. The van der Waals surface area contributed by atoms with Gasteiger partial charge in [-0.05, 0) is 46.7 Å². The second-order valence-corrected chi connectivity index (χ2v) is 4.68. The van der Waals surface area contributed by atoms with Gasteiger partial charge in [-0.1, -0.05) is 6.07 Å². The van der Waals surface area contributed by atoms with Crippen molar-refractivity contribution in [1.29, 1.82) is 0 Å². The Bertz CT molecular complexity index is 528. The molecule has 0 fully saturated rings. The van der Waals surface area contributed by atoms with Crippen LogP contribution in [0.1, 0.15) is 17.4 Å². The summed E-state index contributed by atoms with van der Waals surface area (Å²) in [5, 5.41) is 3.07. The average Bonchev–Trinajstić information content (AvgIpc) is 2.87. The van der Waals surface area contributed by atoms with E-state index in [4.69, 9.17) is 4.42 Å². The predicted molar refractivity (Wildman–Crippen MR) is 68.3 cm³/mol. The molecule has 2 nitrogen and oxygen atoms in total. The lowest BCUT2D eigenvalue weighted by molar-refractivity contribution is 0.459. The summed E-state index contributed by atoms with van der Waals surface area (Å²) in [5.74, 6) is -0.948. The minimum Gasteiger partial charge on any atom is -0.469 e. The monoisotopic (exact) mass is 315 g/mol. The maximum atomic E-state index is 13.5. The zero-order chi connectivity index (χ0) is 13.1. The van der Waals surface area contributed by atoms with Gasteiger partial charge in [-0.3, -0.25) is 0 Å². The summed E-state index contributed by atoms with van der Waals surface area (Å²) in [4.78, 5) is 0. The smallest absolute Gasteiger partial charge is 0.173 e. The summed E-state index contributed by atoms with van der Waals surface area (Å²) in [6.07, 6.45) is 2.15. The molecule has 0 saturated carbocycles. The van der Waals surface area contributed by atoms with Gasteiger partial charge >= 0.3 is 0 Å². The van der Waals surface area contributed by atoms with Crippen molar-refractivity contribution in [3.63, 3.8) is 0 Å². The first kappa shape index (κ1) is 13.2. The molecule has 2 rings (SSSR count). The van der Waals surface area contributed by atoms with Gasteiger partial charge in [0.1, 0.15) is 5.76 Å². The Morgan fingerprint density at radius 3 is 2.72 bits per heavy atom. The Kier molecular flexibility index (Phi) is 4.14. The molecule has 5 heteroatoms. The lowest BCUT2D eigenvalue weighted by atomic mass is 10.0. The lowest BCUT2D eigenvalue weighted by Gasteiger charge is -2.17. The molecule has 0 aliphatic heterocycles. The van der Waals surface area contributed by atoms with Crippen LogP contribution in [-0.2, 0) is 6.42 Å². The van der Waals surface area contributed by atoms with Gasteiger partial charge in [-0.2, -0.15) is 0 Å². The summed E-state index contributed by atoms with van der Waals surface area (Å²) in [5.41, 5.74) is 0.660. The Morgan fingerprint density at radius 1 is 1.33 bits per heavy atom. The normalized spacial score (nSPS) is 12.7. The minimum absolute atomic E-state index is 0.147. The molecule has 0 radical (unpaired) electrons. The fraction of sp³-hybridized carbons (Fsp3) is 0.231. The van der Waals surface area contributed by atoms with Crippen LogP contribution in [0.25, 0.3) is 0 Å². The van der Waals surface area contributed by atoms with Crippen molar-refractivity contribution in [2.45, 2.75) is 12.5 Å². The molecule has 1 heterocycles. The van der Waals surface area contributed by atoms with Crippen LogP contribution in [-0.4, -0.2) is 7.05 Å². The van der Waals surface area contributed by atoms with E-state index < -0.39 is 11.6 Å². The Balaban J connectivity index is 2.30.